The molecule has 2 amide bonds. The van der Waals surface area contributed by atoms with E-state index in [9.17, 15) is 9.59 Å². The lowest BCUT2D eigenvalue weighted by Gasteiger charge is -2.38. The fourth-order valence-corrected chi connectivity index (χ4v) is 11.3. The van der Waals surface area contributed by atoms with Crippen molar-refractivity contribution in [2.75, 3.05) is 65.8 Å². The smallest absolute Gasteiger partial charge is 0.275 e. The molecule has 0 N–H and O–H groups in total. The van der Waals surface area contributed by atoms with E-state index in [2.05, 4.69) is 58.1 Å². The monoisotopic (exact) mass is 848 g/mol. The standard InChI is InChI=1S/C50H64N4O8/c1-32-5-2-7-46-48(32)34-11-16-39(17-12-34)62-31-44-42(52-50(56)47-8-4-22-58-47)26-36(27-54(44)21-24-60-46)35-13-18-45-40(25-35)33-9-14-38(15-10-33)61-30-43-41(51-49(55)37-28-57-29-37)6-3-19-53(43)20-23-59-45/h2,5,7,13,18,25,31,33-34,36-39,43,47H,3-4,6,8-12,14-17,19-24,26-30H2,1H3/b44-31-,51-41?,52-42?/t33?,34?,36?,38?,39?,43?,47-/m0/s1. The predicted octanol–water partition coefficient (Wildman–Crippen LogP) is 7.42. The average Bonchev–Trinajstić information content (AvgIpc) is 3.82. The average molecular weight is 849 g/mol. The van der Waals surface area contributed by atoms with Crippen molar-refractivity contribution in [3.05, 3.63) is 70.6 Å². The molecule has 12 heteroatoms. The van der Waals surface area contributed by atoms with Gasteiger partial charge < -0.3 is 33.3 Å². The molecule has 2 aliphatic carbocycles. The van der Waals surface area contributed by atoms with Crippen molar-refractivity contribution in [2.24, 2.45) is 15.9 Å². The molecular weight excluding hydrogens is 785 g/mol. The molecule has 12 nitrogen and oxygen atoms in total. The van der Waals surface area contributed by atoms with Crippen LogP contribution in [0.15, 0.2) is 58.3 Å². The maximum Gasteiger partial charge on any atom is 0.275 e. The lowest BCUT2D eigenvalue weighted by Crippen LogP contribution is -2.51. The van der Waals surface area contributed by atoms with Crippen LogP contribution >= 0.6 is 0 Å². The van der Waals surface area contributed by atoms with Crippen LogP contribution in [0.4, 0.5) is 0 Å². The summed E-state index contributed by atoms with van der Waals surface area (Å²) >= 11 is 0. The predicted molar refractivity (Wildman–Crippen MR) is 235 cm³/mol. The van der Waals surface area contributed by atoms with Gasteiger partial charge in [0, 0.05) is 43.3 Å². The first-order valence-corrected chi connectivity index (χ1v) is 23.8. The number of benzene rings is 2. The Bertz CT molecular complexity index is 2040. The number of ether oxygens (including phenoxy) is 6. The van der Waals surface area contributed by atoms with E-state index >= 15 is 0 Å². The Morgan fingerprint density at radius 2 is 1.53 bits per heavy atom. The van der Waals surface area contributed by atoms with Crippen molar-refractivity contribution >= 4 is 23.2 Å². The molecule has 0 spiro atoms. The Balaban J connectivity index is 0.933. The Kier molecular flexibility index (Phi) is 12.8. The molecule has 4 bridgehead atoms. The number of hydrogen-bond donors (Lipinski definition) is 0. The molecule has 62 heavy (non-hydrogen) atoms. The quantitative estimate of drug-likeness (QED) is 0.309. The minimum Gasteiger partial charge on any atom is -0.496 e. The van der Waals surface area contributed by atoms with E-state index in [1.807, 2.05) is 6.26 Å². The number of piperidine rings is 2. The second-order valence-electron chi connectivity index (χ2n) is 19.0. The van der Waals surface area contributed by atoms with Gasteiger partial charge in [0.2, 0.25) is 0 Å². The van der Waals surface area contributed by atoms with Gasteiger partial charge in [0.15, 0.2) is 0 Å². The van der Waals surface area contributed by atoms with Gasteiger partial charge in [0.05, 0.1) is 61.9 Å². The van der Waals surface area contributed by atoms with Crippen molar-refractivity contribution in [3.8, 4) is 11.5 Å². The summed E-state index contributed by atoms with van der Waals surface area (Å²) in [5.41, 5.74) is 7.73. The maximum absolute atomic E-state index is 13.8. The van der Waals surface area contributed by atoms with Gasteiger partial charge in [0.25, 0.3) is 11.8 Å². The number of amides is 2. The van der Waals surface area contributed by atoms with Gasteiger partial charge in [-0.2, -0.15) is 0 Å². The van der Waals surface area contributed by atoms with Crippen molar-refractivity contribution in [1.29, 1.82) is 0 Å². The Labute approximate surface area is 366 Å². The lowest BCUT2D eigenvalue weighted by molar-refractivity contribution is -0.135. The van der Waals surface area contributed by atoms with Crippen molar-refractivity contribution in [2.45, 2.75) is 133 Å². The third kappa shape index (κ3) is 9.12. The Morgan fingerprint density at radius 1 is 0.726 bits per heavy atom. The second kappa shape index (κ2) is 18.9. The van der Waals surface area contributed by atoms with E-state index in [4.69, 9.17) is 33.4 Å². The fourth-order valence-electron chi connectivity index (χ4n) is 11.3. The minimum atomic E-state index is -0.492. The van der Waals surface area contributed by atoms with Crippen molar-refractivity contribution in [1.82, 2.24) is 9.80 Å². The molecule has 2 saturated carbocycles. The van der Waals surface area contributed by atoms with Gasteiger partial charge in [-0.25, -0.2) is 9.98 Å². The van der Waals surface area contributed by atoms with Gasteiger partial charge in [-0.05, 0) is 131 Å². The summed E-state index contributed by atoms with van der Waals surface area (Å²) in [5.74, 6) is 2.47. The van der Waals surface area contributed by atoms with Crippen molar-refractivity contribution < 1.29 is 38.0 Å². The van der Waals surface area contributed by atoms with Crippen molar-refractivity contribution in [3.63, 3.8) is 0 Å². The Hall–Kier alpha value is -4.10. The SMILES string of the molecule is Cc1cccc2c1C1CCC(CC1)O/C=C1/C(=NC(=O)[C@@H]3CCCO3)CC(c3ccc4c(c3)C3CCC(CC3)OCC3C(=NC(=O)C5COC5)CCCN3CCO4)CN1CCO2. The van der Waals surface area contributed by atoms with E-state index in [1.54, 1.807) is 0 Å². The van der Waals surface area contributed by atoms with Gasteiger partial charge >= 0.3 is 0 Å². The number of allylic oxidation sites excluding steroid dienone is 1. The number of aliphatic imine (C=N–C) groups is 2. The zero-order valence-corrected chi connectivity index (χ0v) is 36.5. The minimum absolute atomic E-state index is 0.0224. The van der Waals surface area contributed by atoms with Crippen LogP contribution < -0.4 is 9.47 Å². The van der Waals surface area contributed by atoms with Gasteiger partial charge in [0.1, 0.15) is 37.1 Å². The first kappa shape index (κ1) is 41.9. The zero-order valence-electron chi connectivity index (χ0n) is 36.5. The van der Waals surface area contributed by atoms with Crippen LogP contribution in [0.2, 0.25) is 0 Å². The lowest BCUT2D eigenvalue weighted by atomic mass is 9.80. The van der Waals surface area contributed by atoms with Crippen LogP contribution in [0.3, 0.4) is 0 Å². The second-order valence-corrected chi connectivity index (χ2v) is 19.0. The van der Waals surface area contributed by atoms with E-state index in [1.165, 1.54) is 22.3 Å². The zero-order chi connectivity index (χ0) is 42.0. The largest absolute Gasteiger partial charge is 0.496 e. The molecule has 8 heterocycles. The molecule has 0 radical (unpaired) electrons. The van der Waals surface area contributed by atoms with Gasteiger partial charge in [-0.15, -0.1) is 0 Å². The van der Waals surface area contributed by atoms with E-state index in [-0.39, 0.29) is 41.9 Å². The highest BCUT2D eigenvalue weighted by Gasteiger charge is 2.37. The van der Waals surface area contributed by atoms with Crippen LogP contribution in [-0.4, -0.2) is 123 Å². The van der Waals surface area contributed by atoms with E-state index in [0.29, 0.717) is 70.9 Å². The number of nitrogens with zero attached hydrogens (tertiary/aromatic N) is 4. The van der Waals surface area contributed by atoms with Crippen LogP contribution in [0.25, 0.3) is 0 Å². The molecule has 3 atom stereocenters. The van der Waals surface area contributed by atoms with Crippen LogP contribution in [0.1, 0.15) is 123 Å². The molecule has 2 unspecified atom stereocenters. The van der Waals surface area contributed by atoms with Crippen LogP contribution in [-0.2, 0) is 28.5 Å². The van der Waals surface area contributed by atoms with E-state index < -0.39 is 6.10 Å². The first-order chi connectivity index (χ1) is 30.4. The van der Waals surface area contributed by atoms with Crippen LogP contribution in [0, 0.1) is 12.8 Å². The normalized spacial score (nSPS) is 33.1. The topological polar surface area (TPSA) is 121 Å². The Morgan fingerprint density at radius 3 is 2.34 bits per heavy atom. The van der Waals surface area contributed by atoms with Gasteiger partial charge in [-0.1, -0.05) is 24.3 Å². The summed E-state index contributed by atoms with van der Waals surface area (Å²) in [6, 6.07) is 13.2. The highest BCUT2D eigenvalue weighted by molar-refractivity contribution is 6.07. The summed E-state index contributed by atoms with van der Waals surface area (Å²) in [6.07, 6.45) is 13.8. The number of carbonyl (C=O) groups excluding carboxylic acids is 2. The summed E-state index contributed by atoms with van der Waals surface area (Å²) in [4.78, 5) is 41.0. The third-order valence-electron chi connectivity index (χ3n) is 15.0. The summed E-state index contributed by atoms with van der Waals surface area (Å²) in [5, 5.41) is 0. The third-order valence-corrected chi connectivity index (χ3v) is 15.0. The molecule has 8 aliphatic heterocycles. The number of fused-ring (bicyclic) bond motifs is 10. The maximum atomic E-state index is 13.8. The highest BCUT2D eigenvalue weighted by atomic mass is 16.5. The molecule has 10 aliphatic rings. The summed E-state index contributed by atoms with van der Waals surface area (Å²) < 4.78 is 37.9. The van der Waals surface area contributed by atoms with Gasteiger partial charge in [-0.3, -0.25) is 14.5 Å². The molecule has 332 valence electrons. The molecule has 6 fully saturated rings. The number of carbonyl (C=O) groups is 2. The molecule has 0 aromatic heterocycles. The fraction of sp³-hybridized carbons (Fsp3) is 0.640. The molecule has 2 aromatic rings. The first-order valence-electron chi connectivity index (χ1n) is 23.8. The highest BCUT2D eigenvalue weighted by Crippen LogP contribution is 2.43. The number of hydrogen-bond acceptors (Lipinski definition) is 10. The van der Waals surface area contributed by atoms with Crippen LogP contribution in [0.5, 0.6) is 11.5 Å². The summed E-state index contributed by atoms with van der Waals surface area (Å²) in [6.45, 7) is 8.37. The number of aryl methyl sites for hydroxylation is 1. The molecular formula is C50H64N4O8. The van der Waals surface area contributed by atoms with E-state index in [0.717, 1.165) is 119 Å². The number of rotatable bonds is 3. The molecule has 2 aromatic carbocycles. The molecule has 4 saturated heterocycles. The summed E-state index contributed by atoms with van der Waals surface area (Å²) in [7, 11) is 0. The molecule has 12 rings (SSSR count).